The Balaban J connectivity index is 1.32. The summed E-state index contributed by atoms with van der Waals surface area (Å²) >= 11 is 1.54. The number of alkyl halides is 3. The van der Waals surface area contributed by atoms with E-state index in [9.17, 15) is 35.9 Å². The Morgan fingerprint density at radius 1 is 0.909 bits per heavy atom. The number of aromatic hydroxyl groups is 1. The van der Waals surface area contributed by atoms with Crippen molar-refractivity contribution < 1.29 is 40.6 Å². The predicted octanol–water partition coefficient (Wildman–Crippen LogP) is 7.99. The van der Waals surface area contributed by atoms with E-state index in [2.05, 4.69) is 20.1 Å². The standard InChI is InChI=1S/C30H27F4N3O5S2/c1-2-24(43-25-12-10-23(11-13-25)42-30(32,33)34)17-19-3-7-21(8-4-19)35-29(39)36-22-9-16-28(38)27(18-22)37-44(40,41)26-14-5-20(31)6-15-26/h3-16,18,24,37-38H,2,17H2,1H3,(H2,35,36,39). The summed E-state index contributed by atoms with van der Waals surface area (Å²) in [5.74, 6) is -1.26. The van der Waals surface area contributed by atoms with Gasteiger partial charge in [-0.3, -0.25) is 4.72 Å². The number of anilines is 3. The van der Waals surface area contributed by atoms with E-state index in [1.165, 1.54) is 42.1 Å². The lowest BCUT2D eigenvalue weighted by Gasteiger charge is -2.16. The minimum absolute atomic E-state index is 0.149. The van der Waals surface area contributed by atoms with Crippen molar-refractivity contribution in [3.8, 4) is 11.5 Å². The number of carbonyl (C=O) groups is 1. The van der Waals surface area contributed by atoms with Gasteiger partial charge in [0.1, 0.15) is 17.3 Å². The van der Waals surface area contributed by atoms with E-state index in [1.807, 2.05) is 19.1 Å². The Bertz CT molecular complexity index is 1680. The number of rotatable bonds is 11. The highest BCUT2D eigenvalue weighted by molar-refractivity contribution is 8.00. The molecule has 4 rings (SSSR count). The van der Waals surface area contributed by atoms with Crippen LogP contribution in [0.15, 0.2) is 101 Å². The fourth-order valence-corrected chi connectivity index (χ4v) is 6.16. The first-order valence-electron chi connectivity index (χ1n) is 13.1. The number of ether oxygens (including phenoxy) is 1. The van der Waals surface area contributed by atoms with Gasteiger partial charge >= 0.3 is 12.4 Å². The molecule has 0 heterocycles. The molecular formula is C30H27F4N3O5S2. The molecule has 4 N–H and O–H groups in total. The third-order valence-electron chi connectivity index (χ3n) is 6.11. The molecule has 0 saturated heterocycles. The monoisotopic (exact) mass is 649 g/mol. The average Bonchev–Trinajstić information content (AvgIpc) is 2.96. The lowest BCUT2D eigenvalue weighted by Crippen LogP contribution is -2.19. The second-order valence-electron chi connectivity index (χ2n) is 9.44. The molecule has 1 atom stereocenters. The van der Waals surface area contributed by atoms with E-state index in [0.717, 1.165) is 41.1 Å². The average molecular weight is 650 g/mol. The van der Waals surface area contributed by atoms with Crippen molar-refractivity contribution in [2.45, 2.75) is 41.2 Å². The van der Waals surface area contributed by atoms with E-state index in [4.69, 9.17) is 0 Å². The maximum Gasteiger partial charge on any atom is 0.573 e. The van der Waals surface area contributed by atoms with Gasteiger partial charge in [0, 0.05) is 21.5 Å². The molecule has 44 heavy (non-hydrogen) atoms. The van der Waals surface area contributed by atoms with Gasteiger partial charge in [-0.25, -0.2) is 17.6 Å². The third-order valence-corrected chi connectivity index (χ3v) is 8.87. The summed E-state index contributed by atoms with van der Waals surface area (Å²) in [6.07, 6.45) is -3.26. The summed E-state index contributed by atoms with van der Waals surface area (Å²) in [6.45, 7) is 2.02. The minimum atomic E-state index is -4.74. The summed E-state index contributed by atoms with van der Waals surface area (Å²) in [6, 6.07) is 20.2. The van der Waals surface area contributed by atoms with E-state index >= 15 is 0 Å². The van der Waals surface area contributed by atoms with Gasteiger partial charge in [0.15, 0.2) is 0 Å². The van der Waals surface area contributed by atoms with E-state index in [1.54, 1.807) is 24.3 Å². The number of nitrogens with one attached hydrogen (secondary N) is 3. The van der Waals surface area contributed by atoms with Gasteiger partial charge in [0.05, 0.1) is 10.6 Å². The lowest BCUT2D eigenvalue weighted by molar-refractivity contribution is -0.274. The van der Waals surface area contributed by atoms with Gasteiger partial charge in [-0.15, -0.1) is 24.9 Å². The summed E-state index contributed by atoms with van der Waals surface area (Å²) in [5, 5.41) is 15.5. The normalized spacial score (nSPS) is 12.3. The Morgan fingerprint density at radius 2 is 1.52 bits per heavy atom. The molecule has 8 nitrogen and oxygen atoms in total. The molecule has 0 spiro atoms. The Labute approximate surface area is 255 Å². The number of urea groups is 1. The Morgan fingerprint density at radius 3 is 2.14 bits per heavy atom. The zero-order chi connectivity index (χ0) is 31.9. The van der Waals surface area contributed by atoms with Crippen molar-refractivity contribution in [1.29, 1.82) is 0 Å². The van der Waals surface area contributed by atoms with Crippen molar-refractivity contribution in [2.75, 3.05) is 15.4 Å². The molecule has 0 fully saturated rings. The van der Waals surface area contributed by atoms with E-state index < -0.39 is 28.2 Å². The van der Waals surface area contributed by atoms with Gasteiger partial charge in [-0.1, -0.05) is 19.1 Å². The molecule has 14 heteroatoms. The van der Waals surface area contributed by atoms with Crippen LogP contribution in [0.5, 0.6) is 11.5 Å². The van der Waals surface area contributed by atoms with E-state index in [0.29, 0.717) is 12.1 Å². The number of phenols is 1. The number of carbonyl (C=O) groups excluding carboxylic acids is 1. The quantitative estimate of drug-likeness (QED) is 0.0567. The van der Waals surface area contributed by atoms with Crippen molar-refractivity contribution >= 4 is 44.9 Å². The largest absolute Gasteiger partial charge is 0.573 e. The Kier molecular flexibility index (Phi) is 10.3. The second-order valence-corrected chi connectivity index (χ2v) is 12.5. The van der Waals surface area contributed by atoms with Crippen LogP contribution in [0.3, 0.4) is 0 Å². The van der Waals surface area contributed by atoms with Crippen LogP contribution >= 0.6 is 11.8 Å². The number of hydrogen-bond acceptors (Lipinski definition) is 6. The van der Waals surface area contributed by atoms with Crippen LogP contribution in [0.1, 0.15) is 18.9 Å². The summed E-state index contributed by atoms with van der Waals surface area (Å²) in [4.78, 5) is 13.2. The molecular weight excluding hydrogens is 622 g/mol. The molecule has 0 radical (unpaired) electrons. The smallest absolute Gasteiger partial charge is 0.506 e. The first kappa shape index (κ1) is 32.5. The van der Waals surface area contributed by atoms with Gasteiger partial charge in [-0.2, -0.15) is 0 Å². The molecule has 0 bridgehead atoms. The van der Waals surface area contributed by atoms with Crippen molar-refractivity contribution in [1.82, 2.24) is 0 Å². The number of benzene rings is 4. The number of amides is 2. The highest BCUT2D eigenvalue weighted by Crippen LogP contribution is 2.32. The van der Waals surface area contributed by atoms with Crippen LogP contribution in [-0.2, 0) is 16.4 Å². The van der Waals surface area contributed by atoms with Crippen LogP contribution in [0.25, 0.3) is 0 Å². The van der Waals surface area contributed by atoms with Crippen LogP contribution in [-0.4, -0.2) is 31.2 Å². The Hall–Kier alpha value is -4.43. The van der Waals surface area contributed by atoms with Crippen molar-refractivity contribution in [3.63, 3.8) is 0 Å². The third kappa shape index (κ3) is 9.54. The van der Waals surface area contributed by atoms with Gasteiger partial charge in [-0.05, 0) is 97.3 Å². The first-order chi connectivity index (χ1) is 20.8. The van der Waals surface area contributed by atoms with Crippen LogP contribution in [0, 0.1) is 5.82 Å². The second kappa shape index (κ2) is 13.9. The summed E-state index contributed by atoms with van der Waals surface area (Å²) < 4.78 is 81.7. The zero-order valence-corrected chi connectivity index (χ0v) is 24.7. The molecule has 4 aromatic carbocycles. The maximum atomic E-state index is 13.2. The minimum Gasteiger partial charge on any atom is -0.506 e. The highest BCUT2D eigenvalue weighted by Gasteiger charge is 2.31. The van der Waals surface area contributed by atoms with Crippen LogP contribution < -0.4 is 20.1 Å². The van der Waals surface area contributed by atoms with Crippen molar-refractivity contribution in [3.05, 3.63) is 102 Å². The molecule has 1 unspecified atom stereocenters. The number of sulfonamides is 1. The molecule has 0 saturated carbocycles. The number of hydrogen-bond donors (Lipinski definition) is 4. The molecule has 0 aliphatic carbocycles. The number of phenolic OH excluding ortho intramolecular Hbond substituents is 1. The van der Waals surface area contributed by atoms with Crippen molar-refractivity contribution in [2.24, 2.45) is 0 Å². The molecule has 0 aliphatic rings. The fourth-order valence-electron chi connectivity index (χ4n) is 3.98. The number of thioether (sulfide) groups is 1. The zero-order valence-electron chi connectivity index (χ0n) is 23.1. The van der Waals surface area contributed by atoms with Crippen LogP contribution in [0.4, 0.5) is 39.4 Å². The molecule has 0 aliphatic heterocycles. The molecule has 2 amide bonds. The number of halogens is 4. The van der Waals surface area contributed by atoms with Gasteiger partial charge < -0.3 is 20.5 Å². The lowest BCUT2D eigenvalue weighted by atomic mass is 10.1. The molecule has 232 valence electrons. The summed E-state index contributed by atoms with van der Waals surface area (Å²) in [5.41, 5.74) is 1.48. The van der Waals surface area contributed by atoms with Gasteiger partial charge in [0.25, 0.3) is 10.0 Å². The van der Waals surface area contributed by atoms with Gasteiger partial charge in [0.2, 0.25) is 0 Å². The molecule has 4 aromatic rings. The highest BCUT2D eigenvalue weighted by atomic mass is 32.2. The maximum absolute atomic E-state index is 13.2. The SMILES string of the molecule is CCC(Cc1ccc(NC(=O)Nc2ccc(O)c(NS(=O)(=O)c3ccc(F)cc3)c2)cc1)Sc1ccc(OC(F)(F)F)cc1. The summed E-state index contributed by atoms with van der Waals surface area (Å²) in [7, 11) is -4.14. The topological polar surface area (TPSA) is 117 Å². The molecule has 0 aromatic heterocycles. The van der Waals surface area contributed by atoms with Crippen LogP contribution in [0.2, 0.25) is 0 Å². The fraction of sp³-hybridized carbons (Fsp3) is 0.167. The predicted molar refractivity (Wildman–Crippen MR) is 161 cm³/mol. The first-order valence-corrected chi connectivity index (χ1v) is 15.5. The van der Waals surface area contributed by atoms with E-state index in [-0.39, 0.29) is 33.0 Å².